The van der Waals surface area contributed by atoms with Gasteiger partial charge < -0.3 is 225 Å². The zero-order valence-electron chi connectivity index (χ0n) is 60.1. The second kappa shape index (κ2) is 41.1. The summed E-state index contributed by atoms with van der Waals surface area (Å²) in [5, 5.41) is 284. The van der Waals surface area contributed by atoms with Crippen molar-refractivity contribution in [2.45, 2.75) is 304 Å². The Hall–Kier alpha value is -3.76. The van der Waals surface area contributed by atoms with Crippen LogP contribution < -0.4 is 21.3 Å². The lowest BCUT2D eigenvalue weighted by atomic mass is 9.93. The molecular weight excluding hydrogens is 1520 g/mol. The van der Waals surface area contributed by atoms with E-state index in [-0.39, 0.29) is 0 Å². The quantitative estimate of drug-likeness (QED) is 0.0297. The minimum atomic E-state index is -2.38. The highest BCUT2D eigenvalue weighted by Gasteiger charge is 2.60. The molecule has 111 heavy (non-hydrogen) atoms. The average molecular weight is 1630 g/mol. The van der Waals surface area contributed by atoms with Crippen molar-refractivity contribution in [1.82, 2.24) is 21.3 Å². The number of ether oxygens (including phenoxy) is 16. The molecule has 0 bridgehead atoms. The van der Waals surface area contributed by atoms with Crippen molar-refractivity contribution in [3.05, 3.63) is 0 Å². The minimum absolute atomic E-state index is 0.869. The summed E-state index contributed by atoms with van der Waals surface area (Å²) in [4.78, 5) is 50.9. The van der Waals surface area contributed by atoms with Crippen molar-refractivity contribution < 1.29 is 223 Å². The van der Waals surface area contributed by atoms with Gasteiger partial charge in [0.25, 0.3) is 0 Å². The summed E-state index contributed by atoms with van der Waals surface area (Å²) >= 11 is 0. The molecule has 4 amide bonds. The molecule has 0 radical (unpaired) electrons. The van der Waals surface area contributed by atoms with E-state index in [4.69, 9.17) is 75.8 Å². The topological polar surface area (TPSA) is 770 Å². The van der Waals surface area contributed by atoms with Crippen LogP contribution in [0, 0.1) is 0 Å². The van der Waals surface area contributed by atoms with Crippen LogP contribution in [0.25, 0.3) is 0 Å². The van der Waals surface area contributed by atoms with Gasteiger partial charge in [-0.05, 0) is 6.92 Å². The summed E-state index contributed by atoms with van der Waals surface area (Å²) in [6.45, 7) is -4.59. The monoisotopic (exact) mass is 1630 g/mol. The number of rotatable bonds is 32. The van der Waals surface area contributed by atoms with E-state index in [2.05, 4.69) is 21.3 Å². The zero-order valence-corrected chi connectivity index (χ0v) is 60.1. The molecule has 8 rings (SSSR count). The molecule has 0 aromatic rings. The van der Waals surface area contributed by atoms with E-state index < -0.39 is 353 Å². The van der Waals surface area contributed by atoms with E-state index >= 15 is 0 Å². The first kappa shape index (κ1) is 92.7. The number of carbonyl (C=O) groups is 4. The highest BCUT2D eigenvalue weighted by Crippen LogP contribution is 2.39. The highest BCUT2D eigenvalue weighted by atomic mass is 16.8. The first-order chi connectivity index (χ1) is 52.4. The van der Waals surface area contributed by atoms with E-state index in [1.165, 1.54) is 6.92 Å². The molecule has 0 spiro atoms. The molecule has 8 aliphatic heterocycles. The van der Waals surface area contributed by atoms with Gasteiger partial charge in [-0.2, -0.15) is 0 Å². The predicted molar refractivity (Wildman–Crippen MR) is 344 cm³/mol. The van der Waals surface area contributed by atoms with E-state index in [1.54, 1.807) is 0 Å². The van der Waals surface area contributed by atoms with E-state index in [1.807, 2.05) is 0 Å². The molecule has 8 heterocycles. The molecule has 644 valence electrons. The fraction of sp³-hybridized carbons (Fsp3) is 0.935. The van der Waals surface area contributed by atoms with E-state index in [0.29, 0.717) is 0 Å². The molecule has 8 aliphatic rings. The maximum atomic E-state index is 12.9. The van der Waals surface area contributed by atoms with Crippen LogP contribution in [-0.2, 0) is 95.0 Å². The lowest BCUT2D eigenvalue weighted by Gasteiger charge is -2.51. The van der Waals surface area contributed by atoms with Crippen LogP contribution in [-0.4, -0.2) is 481 Å². The summed E-state index contributed by atoms with van der Waals surface area (Å²) in [6.07, 6.45) is -79.8. The smallest absolute Gasteiger partial charge is 0.217 e. The van der Waals surface area contributed by atoms with E-state index in [0.717, 1.165) is 27.7 Å². The zero-order chi connectivity index (χ0) is 82.2. The van der Waals surface area contributed by atoms with Gasteiger partial charge in [0.05, 0.1) is 71.6 Å². The molecule has 49 nitrogen and oxygen atoms in total. The number of aliphatic hydroxyl groups excluding tert-OH is 25. The molecule has 44 atom stereocenters. The maximum Gasteiger partial charge on any atom is 0.217 e. The fourth-order valence-corrected chi connectivity index (χ4v) is 14.0. The lowest BCUT2D eigenvalue weighted by molar-refractivity contribution is -0.386. The largest absolute Gasteiger partial charge is 0.394 e. The first-order valence-corrected chi connectivity index (χ1v) is 35.4. The summed E-state index contributed by atoms with van der Waals surface area (Å²) in [6, 6.07) is -7.34. The van der Waals surface area contributed by atoms with Gasteiger partial charge in [0.1, 0.15) is 207 Å². The number of carbonyl (C=O) groups excluding carboxylic acids is 4. The van der Waals surface area contributed by atoms with Crippen molar-refractivity contribution in [2.75, 3.05) is 59.5 Å². The lowest BCUT2D eigenvalue weighted by Crippen LogP contribution is -2.71. The normalized spacial score (nSPS) is 46.3. The third-order valence-electron chi connectivity index (χ3n) is 20.0. The second-order valence-corrected chi connectivity index (χ2v) is 27.9. The average Bonchev–Trinajstić information content (AvgIpc) is 0.775. The van der Waals surface area contributed by atoms with Crippen LogP contribution in [0.3, 0.4) is 0 Å². The molecule has 0 aromatic heterocycles. The molecular formula is C62H106N4O45. The molecule has 0 aromatic carbocycles. The number of amides is 4. The van der Waals surface area contributed by atoms with Gasteiger partial charge >= 0.3 is 0 Å². The Balaban J connectivity index is 0.968. The fourth-order valence-electron chi connectivity index (χ4n) is 14.0. The van der Waals surface area contributed by atoms with Crippen LogP contribution in [0.2, 0.25) is 0 Å². The summed E-state index contributed by atoms with van der Waals surface area (Å²) < 4.78 is 93.0. The van der Waals surface area contributed by atoms with Crippen LogP contribution >= 0.6 is 0 Å². The predicted octanol–water partition coefficient (Wildman–Crippen LogP) is -19.4. The Kier molecular flexibility index (Phi) is 34.3. The van der Waals surface area contributed by atoms with Crippen LogP contribution in [0.1, 0.15) is 34.6 Å². The summed E-state index contributed by atoms with van der Waals surface area (Å²) in [5.74, 6) is -3.61. The van der Waals surface area contributed by atoms with Crippen molar-refractivity contribution in [1.29, 1.82) is 0 Å². The van der Waals surface area contributed by atoms with E-state index in [9.17, 15) is 147 Å². The van der Waals surface area contributed by atoms with Crippen LogP contribution in [0.4, 0.5) is 0 Å². The minimum Gasteiger partial charge on any atom is -0.394 e. The summed E-state index contributed by atoms with van der Waals surface area (Å²) in [7, 11) is 0. The second-order valence-electron chi connectivity index (χ2n) is 27.9. The van der Waals surface area contributed by atoms with Crippen molar-refractivity contribution >= 4 is 23.6 Å². The Bertz CT molecular complexity index is 2900. The van der Waals surface area contributed by atoms with Crippen LogP contribution in [0.15, 0.2) is 0 Å². The molecule has 8 fully saturated rings. The van der Waals surface area contributed by atoms with Crippen molar-refractivity contribution in [3.63, 3.8) is 0 Å². The van der Waals surface area contributed by atoms with Crippen molar-refractivity contribution in [2.24, 2.45) is 0 Å². The molecule has 49 heteroatoms. The van der Waals surface area contributed by atoms with Crippen molar-refractivity contribution in [3.8, 4) is 0 Å². The van der Waals surface area contributed by atoms with Gasteiger partial charge in [-0.15, -0.1) is 0 Å². The first-order valence-electron chi connectivity index (χ1n) is 35.4. The third kappa shape index (κ3) is 21.2. The van der Waals surface area contributed by atoms with Gasteiger partial charge in [0.15, 0.2) is 50.3 Å². The third-order valence-corrected chi connectivity index (χ3v) is 20.0. The van der Waals surface area contributed by atoms with Crippen LogP contribution in [0.5, 0.6) is 0 Å². The van der Waals surface area contributed by atoms with Gasteiger partial charge in [0.2, 0.25) is 23.6 Å². The number of hydrogen-bond acceptors (Lipinski definition) is 45. The molecule has 0 saturated carbocycles. The molecule has 0 unspecified atom stereocenters. The number of nitrogens with one attached hydrogen (secondary N) is 4. The van der Waals surface area contributed by atoms with Gasteiger partial charge in [0, 0.05) is 27.7 Å². The number of hydrogen-bond donors (Lipinski definition) is 29. The van der Waals surface area contributed by atoms with Gasteiger partial charge in [-0.1, -0.05) is 0 Å². The molecule has 0 aliphatic carbocycles. The Morgan fingerprint density at radius 2 is 0.640 bits per heavy atom. The molecule has 8 saturated heterocycles. The maximum absolute atomic E-state index is 12.9. The highest BCUT2D eigenvalue weighted by molar-refractivity contribution is 5.74. The van der Waals surface area contributed by atoms with Gasteiger partial charge in [-0.25, -0.2) is 0 Å². The Labute approximate surface area is 629 Å². The Morgan fingerprint density at radius 1 is 0.324 bits per heavy atom. The Morgan fingerprint density at radius 3 is 1.02 bits per heavy atom. The summed E-state index contributed by atoms with van der Waals surface area (Å²) in [5.41, 5.74) is 0. The number of aliphatic hydroxyl groups is 25. The van der Waals surface area contributed by atoms with Gasteiger partial charge in [-0.3, -0.25) is 19.2 Å². The SMILES string of the molecule is CC(=O)N[C@H]1[C@H](O[C@H]2[C@@H](O)[C@@H](CO)O[C@@H](O[C@H]3[C@H](O)[C@@H](NC(C)=O)[C@H](O[C@H]4[C@@H](O)[C@@H](CO)O[C@@H](O[C@H]5[C@H](O)[C@@H](NC(C)=O)[C@H](OC[C@@H](O)[C@H](O)[C@H](O[C@@H]6O[C@H](CO)[C@H](O)[C@H](O)[C@H]6O[C@@H]6O[C@@H](C)[C@@H](O)[C@@H](O)[C@@H]6O)[C@H](CO)NC(C)=O)O[C@@H]5CO)[C@@H]4O)O[C@@H]3CO)[C@@H]2O)O[C@H](CO)[C@@H](O[C@@H]2O[C@H](CO)[C@H](O)[C@H](O)[C@H]2O)[C@@H]1O. The standard InChI is InChI=1S/C62H106N4O45/c1-15-32(80)41(89)44(92)58(97-15)111-54-43(91)35(83)23(8-69)101-62(54)105-48(20(6-67)63-16(2)75)33(81)21(79)14-96-55-29(64-17(3)76)38(86)49(26(11-72)102-55)107-60-46(94)52(36(84)24(9-70)99-60)110-57-31(66-19(5)78)40(88)51(28(13-74)104-57)108-61-47(95)53(37(85)25(10-71)100-61)109-56-30(65-18(4)77)39(87)50(27(12-73)103-56)106-59-45(93)42(90)34(82)22(7-68)98-59/h15,20-62,67-74,79-95H,6-14H2,1-5H3,(H,63,75)(H,64,76)(H,65,77)(H,66,78)/t15-,20-,21+,22+,23+,24+,25+,26+,27+,28+,29+,30+,31+,32+,33-,34-,35-,36-,37-,38+,39+,40+,41+,42-,43-,44-,45+,46+,47+,48+,49+,50+,51+,52-,53-,54+,55+,56-,57-,58-,59-,60-,61-,62-/m0/s1. The molecule has 29 N–H and O–H groups in total.